The van der Waals surface area contributed by atoms with Crippen molar-refractivity contribution >= 4 is 11.9 Å². The molecule has 0 saturated heterocycles. The minimum absolute atomic E-state index is 0.226. The number of carboxylic acid groups (broad SMARTS) is 1. The van der Waals surface area contributed by atoms with Gasteiger partial charge in [0.15, 0.2) is 0 Å². The van der Waals surface area contributed by atoms with Crippen molar-refractivity contribution in [1.29, 1.82) is 0 Å². The Morgan fingerprint density at radius 2 is 1.80 bits per heavy atom. The highest BCUT2D eigenvalue weighted by atomic mass is 16.4. The minimum atomic E-state index is -0.998. The maximum atomic E-state index is 12.5. The Kier molecular flexibility index (Phi) is 5.70. The number of carbonyl (C=O) groups is 2. The lowest BCUT2D eigenvalue weighted by molar-refractivity contribution is -0.137. The number of amides is 1. The number of likely N-dealkylation sites (N-methyl/N-ethyl adjacent to an activating group) is 1. The molecule has 5 nitrogen and oxygen atoms in total. The normalized spacial score (nSPS) is 10.7. The summed E-state index contributed by atoms with van der Waals surface area (Å²) in [5, 5.41) is 8.96. The van der Waals surface area contributed by atoms with Gasteiger partial charge in [-0.2, -0.15) is 0 Å². The molecule has 0 fully saturated rings. The molecule has 0 aliphatic rings. The zero-order valence-corrected chi connectivity index (χ0v) is 12.5. The van der Waals surface area contributed by atoms with Crippen LogP contribution >= 0.6 is 0 Å². The van der Waals surface area contributed by atoms with E-state index in [1.807, 2.05) is 45.0 Å². The van der Waals surface area contributed by atoms with Gasteiger partial charge in [0.1, 0.15) is 6.54 Å². The maximum absolute atomic E-state index is 12.5. The SMILES string of the molecule is Cc1cccc(C(=O)N(CCN(C)C)CC(=O)O)c1C. The van der Waals surface area contributed by atoms with Crippen molar-refractivity contribution in [3.63, 3.8) is 0 Å². The van der Waals surface area contributed by atoms with E-state index in [9.17, 15) is 9.59 Å². The lowest BCUT2D eigenvalue weighted by Gasteiger charge is -2.23. The largest absolute Gasteiger partial charge is 0.480 e. The summed E-state index contributed by atoms with van der Waals surface area (Å²) < 4.78 is 0. The van der Waals surface area contributed by atoms with Gasteiger partial charge in [0.2, 0.25) is 0 Å². The second-order valence-corrected chi connectivity index (χ2v) is 5.17. The molecule has 1 aromatic rings. The van der Waals surface area contributed by atoms with E-state index in [0.717, 1.165) is 11.1 Å². The molecule has 5 heteroatoms. The van der Waals surface area contributed by atoms with Crippen LogP contribution in [0.3, 0.4) is 0 Å². The summed E-state index contributed by atoms with van der Waals surface area (Å²) in [6.07, 6.45) is 0. The van der Waals surface area contributed by atoms with Gasteiger partial charge in [-0.05, 0) is 45.1 Å². The number of carbonyl (C=O) groups excluding carboxylic acids is 1. The van der Waals surface area contributed by atoms with Crippen LogP contribution in [-0.2, 0) is 4.79 Å². The zero-order chi connectivity index (χ0) is 15.3. The second kappa shape index (κ2) is 7.05. The van der Waals surface area contributed by atoms with E-state index in [1.54, 1.807) is 6.07 Å². The predicted octanol–water partition coefficient (Wildman–Crippen LogP) is 1.39. The van der Waals surface area contributed by atoms with Crippen molar-refractivity contribution in [3.05, 3.63) is 34.9 Å². The second-order valence-electron chi connectivity index (χ2n) is 5.17. The number of nitrogens with zero attached hydrogens (tertiary/aromatic N) is 2. The Morgan fingerprint density at radius 3 is 2.35 bits per heavy atom. The Hall–Kier alpha value is -1.88. The lowest BCUT2D eigenvalue weighted by atomic mass is 10.0. The third kappa shape index (κ3) is 4.35. The highest BCUT2D eigenvalue weighted by Crippen LogP contribution is 2.15. The number of carboxylic acids is 1. The van der Waals surface area contributed by atoms with Crippen LogP contribution in [0.25, 0.3) is 0 Å². The van der Waals surface area contributed by atoms with Crippen LogP contribution in [0.15, 0.2) is 18.2 Å². The Balaban J connectivity index is 2.97. The van der Waals surface area contributed by atoms with Crippen molar-refractivity contribution in [1.82, 2.24) is 9.80 Å². The molecule has 0 unspecified atom stereocenters. The van der Waals surface area contributed by atoms with Crippen molar-refractivity contribution in [2.75, 3.05) is 33.7 Å². The molecular formula is C15H22N2O3. The summed E-state index contributed by atoms with van der Waals surface area (Å²) in [4.78, 5) is 26.7. The van der Waals surface area contributed by atoms with Crippen LogP contribution in [0.2, 0.25) is 0 Å². The number of aryl methyl sites for hydroxylation is 1. The van der Waals surface area contributed by atoms with E-state index in [0.29, 0.717) is 18.7 Å². The van der Waals surface area contributed by atoms with Crippen molar-refractivity contribution < 1.29 is 14.7 Å². The first kappa shape index (κ1) is 16.2. The number of hydrogen-bond donors (Lipinski definition) is 1. The molecule has 0 atom stereocenters. The fourth-order valence-electron chi connectivity index (χ4n) is 1.89. The molecule has 0 aliphatic carbocycles. The molecule has 0 heterocycles. The molecule has 0 aromatic heterocycles. The third-order valence-corrected chi connectivity index (χ3v) is 3.27. The van der Waals surface area contributed by atoms with Gasteiger partial charge < -0.3 is 14.9 Å². The van der Waals surface area contributed by atoms with Gasteiger partial charge in [-0.3, -0.25) is 9.59 Å². The van der Waals surface area contributed by atoms with E-state index < -0.39 is 5.97 Å². The number of benzene rings is 1. The smallest absolute Gasteiger partial charge is 0.323 e. The van der Waals surface area contributed by atoms with Crippen LogP contribution in [0.1, 0.15) is 21.5 Å². The summed E-state index contributed by atoms with van der Waals surface area (Å²) in [7, 11) is 3.78. The van der Waals surface area contributed by atoms with E-state index in [-0.39, 0.29) is 12.5 Å². The van der Waals surface area contributed by atoms with Crippen LogP contribution < -0.4 is 0 Å². The summed E-state index contributed by atoms with van der Waals surface area (Å²) in [6, 6.07) is 5.50. The highest BCUT2D eigenvalue weighted by molar-refractivity contribution is 5.97. The van der Waals surface area contributed by atoms with E-state index in [4.69, 9.17) is 5.11 Å². The Labute approximate surface area is 119 Å². The average molecular weight is 278 g/mol. The fourth-order valence-corrected chi connectivity index (χ4v) is 1.89. The topological polar surface area (TPSA) is 60.9 Å². The first-order valence-electron chi connectivity index (χ1n) is 6.55. The van der Waals surface area contributed by atoms with Crippen molar-refractivity contribution in [2.45, 2.75) is 13.8 Å². The van der Waals surface area contributed by atoms with Gasteiger partial charge in [0.05, 0.1) is 0 Å². The minimum Gasteiger partial charge on any atom is -0.480 e. The van der Waals surface area contributed by atoms with Gasteiger partial charge >= 0.3 is 5.97 Å². The summed E-state index contributed by atoms with van der Waals surface area (Å²) >= 11 is 0. The summed E-state index contributed by atoms with van der Waals surface area (Å²) in [5.74, 6) is -1.22. The van der Waals surface area contributed by atoms with Crippen LogP contribution in [0.5, 0.6) is 0 Å². The highest BCUT2D eigenvalue weighted by Gasteiger charge is 2.20. The summed E-state index contributed by atoms with van der Waals surface area (Å²) in [6.45, 7) is 4.57. The van der Waals surface area contributed by atoms with Crippen molar-refractivity contribution in [3.8, 4) is 0 Å². The van der Waals surface area contributed by atoms with Gasteiger partial charge in [-0.25, -0.2) is 0 Å². The van der Waals surface area contributed by atoms with Crippen LogP contribution in [-0.4, -0.2) is 60.5 Å². The molecule has 0 aliphatic heterocycles. The zero-order valence-electron chi connectivity index (χ0n) is 12.5. The Bertz CT molecular complexity index is 498. The molecule has 0 saturated carbocycles. The summed E-state index contributed by atoms with van der Waals surface area (Å²) in [5.41, 5.74) is 2.50. The third-order valence-electron chi connectivity index (χ3n) is 3.27. The quantitative estimate of drug-likeness (QED) is 0.854. The maximum Gasteiger partial charge on any atom is 0.323 e. The monoisotopic (exact) mass is 278 g/mol. The van der Waals surface area contributed by atoms with E-state index in [2.05, 4.69) is 0 Å². The molecule has 110 valence electrons. The first-order chi connectivity index (χ1) is 9.32. The molecule has 1 amide bonds. The fraction of sp³-hybridized carbons (Fsp3) is 0.467. The van der Waals surface area contributed by atoms with Crippen molar-refractivity contribution in [2.24, 2.45) is 0 Å². The van der Waals surface area contributed by atoms with E-state index in [1.165, 1.54) is 4.90 Å². The molecule has 0 radical (unpaired) electrons. The van der Waals surface area contributed by atoms with Gasteiger partial charge in [0.25, 0.3) is 5.91 Å². The number of aliphatic carboxylic acids is 1. The lowest BCUT2D eigenvalue weighted by Crippen LogP contribution is -2.40. The van der Waals surface area contributed by atoms with Gasteiger partial charge in [0, 0.05) is 18.7 Å². The van der Waals surface area contributed by atoms with E-state index >= 15 is 0 Å². The average Bonchev–Trinajstić information content (AvgIpc) is 2.36. The molecule has 1 N–H and O–H groups in total. The Morgan fingerprint density at radius 1 is 1.15 bits per heavy atom. The molecular weight excluding hydrogens is 256 g/mol. The molecule has 20 heavy (non-hydrogen) atoms. The van der Waals surface area contributed by atoms with Gasteiger partial charge in [-0.15, -0.1) is 0 Å². The predicted molar refractivity (Wildman–Crippen MR) is 78.0 cm³/mol. The van der Waals surface area contributed by atoms with Crippen LogP contribution in [0, 0.1) is 13.8 Å². The molecule has 0 spiro atoms. The van der Waals surface area contributed by atoms with Gasteiger partial charge in [-0.1, -0.05) is 12.1 Å². The first-order valence-corrected chi connectivity index (χ1v) is 6.55. The molecule has 1 rings (SSSR count). The number of rotatable bonds is 6. The number of hydrogen-bond acceptors (Lipinski definition) is 3. The molecule has 0 bridgehead atoms. The molecule has 1 aromatic carbocycles. The van der Waals surface area contributed by atoms with Crippen LogP contribution in [0.4, 0.5) is 0 Å². The standard InChI is InChI=1S/C15H22N2O3/c1-11-6-5-7-13(12(11)2)15(20)17(10-14(18)19)9-8-16(3)4/h5-7H,8-10H2,1-4H3,(H,18,19).